The molecule has 4 aromatic carbocycles. The highest BCUT2D eigenvalue weighted by Crippen LogP contribution is 2.34. The van der Waals surface area contributed by atoms with Crippen LogP contribution >= 0.6 is 12.4 Å². The van der Waals surface area contributed by atoms with Gasteiger partial charge >= 0.3 is 0 Å². The van der Waals surface area contributed by atoms with Crippen LogP contribution in [0.2, 0.25) is 0 Å². The normalized spacial score (nSPS) is 13.5. The summed E-state index contributed by atoms with van der Waals surface area (Å²) in [6, 6.07) is 32.7. The lowest BCUT2D eigenvalue weighted by Gasteiger charge is -2.31. The summed E-state index contributed by atoms with van der Waals surface area (Å²) in [5.74, 6) is 0.596. The Balaban J connectivity index is 0.00000384. The summed E-state index contributed by atoms with van der Waals surface area (Å²) in [6.45, 7) is 6.10. The van der Waals surface area contributed by atoms with Crippen LogP contribution < -0.4 is 10.3 Å². The van der Waals surface area contributed by atoms with Gasteiger partial charge in [-0.2, -0.15) is 0 Å². The molecule has 6 rings (SSSR count). The molecule has 0 saturated heterocycles. The molecule has 1 atom stereocenters. The summed E-state index contributed by atoms with van der Waals surface area (Å²) >= 11 is 0. The Morgan fingerprint density at radius 3 is 2.07 bits per heavy atom. The summed E-state index contributed by atoms with van der Waals surface area (Å²) in [5, 5.41) is 12.6. The third-order valence-electron chi connectivity index (χ3n) is 8.83. The second-order valence-electron chi connectivity index (χ2n) is 11.6. The van der Waals surface area contributed by atoms with Gasteiger partial charge < -0.3 is 14.8 Å². The van der Waals surface area contributed by atoms with E-state index in [0.29, 0.717) is 30.5 Å². The Morgan fingerprint density at radius 2 is 1.45 bits per heavy atom. The predicted octanol–water partition coefficient (Wildman–Crippen LogP) is 7.36. The minimum Gasteiger partial charge on any atom is -0.487 e. The zero-order valence-electron chi connectivity index (χ0n) is 25.5. The zero-order chi connectivity index (χ0) is 29.8. The maximum Gasteiger partial charge on any atom is 0.248 e. The van der Waals surface area contributed by atoms with E-state index in [1.54, 1.807) is 6.07 Å². The van der Waals surface area contributed by atoms with Gasteiger partial charge in [0, 0.05) is 30.6 Å². The first kappa shape index (κ1) is 31.5. The molecule has 1 heterocycles. The van der Waals surface area contributed by atoms with Crippen molar-refractivity contribution in [2.75, 3.05) is 6.54 Å². The van der Waals surface area contributed by atoms with Crippen molar-refractivity contribution >= 4 is 23.3 Å². The van der Waals surface area contributed by atoms with E-state index in [-0.39, 0.29) is 18.0 Å². The fraction of sp³-hybridized carbons (Fsp3) is 0.289. The number of aryl methyl sites for hydroxylation is 2. The van der Waals surface area contributed by atoms with Crippen LogP contribution in [0.3, 0.4) is 0 Å². The van der Waals surface area contributed by atoms with E-state index < -0.39 is 6.10 Å². The lowest BCUT2D eigenvalue weighted by atomic mass is 9.97. The van der Waals surface area contributed by atoms with Crippen LogP contribution in [0.25, 0.3) is 10.9 Å². The Labute approximate surface area is 265 Å². The zero-order valence-corrected chi connectivity index (χ0v) is 26.3. The number of aromatic nitrogens is 1. The Hall–Kier alpha value is -3.90. The number of ether oxygens (including phenoxy) is 1. The van der Waals surface area contributed by atoms with Gasteiger partial charge in [0.2, 0.25) is 5.56 Å². The van der Waals surface area contributed by atoms with E-state index >= 15 is 0 Å². The third kappa shape index (κ3) is 6.91. The minimum atomic E-state index is -0.749. The lowest BCUT2D eigenvalue weighted by Crippen LogP contribution is -2.38. The molecule has 1 aromatic heterocycles. The number of rotatable bonds is 11. The Morgan fingerprint density at radius 1 is 0.841 bits per heavy atom. The number of aromatic amines is 1. The van der Waals surface area contributed by atoms with E-state index in [1.807, 2.05) is 48.5 Å². The molecule has 44 heavy (non-hydrogen) atoms. The van der Waals surface area contributed by atoms with Crippen molar-refractivity contribution in [2.24, 2.45) is 0 Å². The van der Waals surface area contributed by atoms with Gasteiger partial charge in [-0.25, -0.2) is 0 Å². The van der Waals surface area contributed by atoms with Gasteiger partial charge in [-0.15, -0.1) is 12.4 Å². The van der Waals surface area contributed by atoms with Crippen LogP contribution in [0.5, 0.6) is 5.75 Å². The second-order valence-corrected chi connectivity index (χ2v) is 11.6. The number of H-pyrrole nitrogens is 1. The van der Waals surface area contributed by atoms with E-state index in [2.05, 4.69) is 60.1 Å². The molecule has 0 aliphatic heterocycles. The summed E-state index contributed by atoms with van der Waals surface area (Å²) in [5.41, 5.74) is 9.26. The SMILES string of the molecule is CCc1cc2c(cc1CC)CC(N(Cc1ccccc1)C[C@H](O)c1ccc(OCc3ccccc3)c3[nH]c(=O)ccc13)C2.Cl. The molecule has 0 saturated carbocycles. The maximum absolute atomic E-state index is 12.4. The molecule has 0 unspecified atom stereocenters. The number of hydrogen-bond donors (Lipinski definition) is 2. The first-order valence-electron chi connectivity index (χ1n) is 15.4. The van der Waals surface area contributed by atoms with Gasteiger partial charge in [-0.1, -0.05) is 92.7 Å². The average Bonchev–Trinajstić information content (AvgIpc) is 3.46. The summed E-state index contributed by atoms with van der Waals surface area (Å²) < 4.78 is 6.15. The van der Waals surface area contributed by atoms with Gasteiger partial charge in [-0.05, 0) is 76.8 Å². The number of aliphatic hydroxyl groups excluding tert-OH is 1. The molecular weight excluding hydrogens is 568 g/mol. The van der Waals surface area contributed by atoms with Crippen molar-refractivity contribution in [2.45, 2.75) is 64.8 Å². The molecule has 5 aromatic rings. The second kappa shape index (κ2) is 14.3. The van der Waals surface area contributed by atoms with Gasteiger partial charge in [0.15, 0.2) is 0 Å². The van der Waals surface area contributed by atoms with Crippen molar-refractivity contribution in [3.63, 3.8) is 0 Å². The van der Waals surface area contributed by atoms with Crippen LogP contribution in [-0.4, -0.2) is 27.6 Å². The summed E-state index contributed by atoms with van der Waals surface area (Å²) in [6.07, 6.45) is 3.31. The molecule has 1 aliphatic carbocycles. The van der Waals surface area contributed by atoms with Crippen molar-refractivity contribution in [3.05, 3.63) is 146 Å². The van der Waals surface area contributed by atoms with Gasteiger partial charge in [0.1, 0.15) is 12.4 Å². The third-order valence-corrected chi connectivity index (χ3v) is 8.83. The quantitative estimate of drug-likeness (QED) is 0.164. The molecule has 0 bridgehead atoms. The molecule has 0 spiro atoms. The number of hydrogen-bond acceptors (Lipinski definition) is 4. The first-order chi connectivity index (χ1) is 21.0. The van der Waals surface area contributed by atoms with Crippen LogP contribution in [0.4, 0.5) is 0 Å². The average molecular weight is 609 g/mol. The Kier molecular flexibility index (Phi) is 10.2. The van der Waals surface area contributed by atoms with Gasteiger partial charge in [0.25, 0.3) is 0 Å². The highest BCUT2D eigenvalue weighted by Gasteiger charge is 2.30. The number of nitrogens with zero attached hydrogens (tertiary/aromatic N) is 1. The number of pyridine rings is 1. The number of benzene rings is 4. The predicted molar refractivity (Wildman–Crippen MR) is 181 cm³/mol. The van der Waals surface area contributed by atoms with Crippen LogP contribution in [-0.2, 0) is 38.8 Å². The monoisotopic (exact) mass is 608 g/mol. The molecule has 228 valence electrons. The fourth-order valence-electron chi connectivity index (χ4n) is 6.54. The molecule has 5 nitrogen and oxygen atoms in total. The highest BCUT2D eigenvalue weighted by molar-refractivity contribution is 5.87. The molecule has 2 N–H and O–H groups in total. The molecule has 0 amide bonds. The number of nitrogens with one attached hydrogen (secondary N) is 1. The first-order valence-corrected chi connectivity index (χ1v) is 15.4. The lowest BCUT2D eigenvalue weighted by molar-refractivity contribution is 0.0844. The maximum atomic E-state index is 12.4. The topological polar surface area (TPSA) is 65.6 Å². The van der Waals surface area contributed by atoms with Crippen molar-refractivity contribution in [1.82, 2.24) is 9.88 Å². The van der Waals surface area contributed by atoms with E-state index in [1.165, 1.54) is 33.9 Å². The Bertz CT molecular complexity index is 1720. The van der Waals surface area contributed by atoms with Crippen molar-refractivity contribution < 1.29 is 9.84 Å². The highest BCUT2D eigenvalue weighted by atomic mass is 35.5. The van der Waals surface area contributed by atoms with E-state index in [0.717, 1.165) is 48.7 Å². The molecule has 0 radical (unpaired) electrons. The fourth-order valence-corrected chi connectivity index (χ4v) is 6.54. The smallest absolute Gasteiger partial charge is 0.248 e. The van der Waals surface area contributed by atoms with E-state index in [4.69, 9.17) is 4.74 Å². The van der Waals surface area contributed by atoms with Crippen LogP contribution in [0.15, 0.2) is 102 Å². The van der Waals surface area contributed by atoms with Crippen molar-refractivity contribution in [3.8, 4) is 5.75 Å². The molecular formula is C38H41ClN2O3. The standard InChI is InChI=1S/C38H40N2O3.ClH/c1-3-28-19-30-21-32(22-31(30)20-29(28)4-2)40(23-26-11-7-5-8-12-26)24-35(41)33-15-17-36(38-34(33)16-18-37(42)39-38)43-25-27-13-9-6-10-14-27;/h5-20,32,35,41H,3-4,21-25H2,1-2H3,(H,39,42);1H/t35-;/m0./s1. The van der Waals surface area contributed by atoms with Gasteiger partial charge in [-0.3, -0.25) is 9.69 Å². The summed E-state index contributed by atoms with van der Waals surface area (Å²) in [4.78, 5) is 17.8. The van der Waals surface area contributed by atoms with Crippen molar-refractivity contribution in [1.29, 1.82) is 0 Å². The molecule has 6 heteroatoms. The number of aliphatic hydroxyl groups is 1. The summed E-state index contributed by atoms with van der Waals surface area (Å²) in [7, 11) is 0. The van der Waals surface area contributed by atoms with Crippen LogP contribution in [0.1, 0.15) is 58.9 Å². The van der Waals surface area contributed by atoms with Gasteiger partial charge in [0.05, 0.1) is 11.6 Å². The van der Waals surface area contributed by atoms with Crippen LogP contribution in [0, 0.1) is 0 Å². The largest absolute Gasteiger partial charge is 0.487 e. The molecule has 1 aliphatic rings. The van der Waals surface area contributed by atoms with E-state index in [9.17, 15) is 9.90 Å². The number of halogens is 1. The number of fused-ring (bicyclic) bond motifs is 2. The minimum absolute atomic E-state index is 0. The molecule has 0 fully saturated rings.